The van der Waals surface area contributed by atoms with Gasteiger partial charge in [0.05, 0.1) is 16.5 Å². The molecule has 0 bridgehead atoms. The monoisotopic (exact) mass is 1420 g/mol. The predicted octanol–water partition coefficient (Wildman–Crippen LogP) is 24.9. The third-order valence-corrected chi connectivity index (χ3v) is 21.0. The highest BCUT2D eigenvalue weighted by atomic mass is 16.4. The van der Waals surface area contributed by atoms with Gasteiger partial charge in [-0.3, -0.25) is 0 Å². The van der Waals surface area contributed by atoms with Crippen molar-refractivity contribution in [3.63, 3.8) is 0 Å². The Kier molecular flexibility index (Phi) is 15.5. The molecule has 12 heteroatoms. The first-order valence-corrected chi connectivity index (χ1v) is 36.9. The predicted molar refractivity (Wildman–Crippen MR) is 441 cm³/mol. The molecule has 0 amide bonds. The van der Waals surface area contributed by atoms with Crippen molar-refractivity contribution in [2.45, 2.75) is 5.41 Å². The Morgan fingerprint density at radius 2 is 0.541 bits per heavy atom. The minimum atomic E-state index is -0.559. The molecule has 0 spiro atoms. The summed E-state index contributed by atoms with van der Waals surface area (Å²) >= 11 is 0. The second-order valence-electron chi connectivity index (χ2n) is 27.5. The van der Waals surface area contributed by atoms with E-state index >= 15 is 0 Å². The van der Waals surface area contributed by atoms with Crippen molar-refractivity contribution in [2.75, 3.05) is 0 Å². The second-order valence-corrected chi connectivity index (χ2v) is 27.5. The van der Waals surface area contributed by atoms with Crippen LogP contribution >= 0.6 is 0 Å². The highest BCUT2D eigenvalue weighted by molar-refractivity contribution is 6.16. The number of aromatic nitrogens is 8. The lowest BCUT2D eigenvalue weighted by Gasteiger charge is -2.33. The van der Waals surface area contributed by atoms with Crippen molar-refractivity contribution >= 4 is 66.1 Å². The molecule has 12 nitrogen and oxygen atoms in total. The van der Waals surface area contributed by atoms with Crippen LogP contribution in [0.1, 0.15) is 22.3 Å². The Bertz CT molecular complexity index is 6980. The lowest BCUT2D eigenvalue weighted by Crippen LogP contribution is -2.28. The second kappa shape index (κ2) is 26.7. The van der Waals surface area contributed by atoms with E-state index in [0.717, 1.165) is 127 Å². The topological polar surface area (TPSA) is 156 Å². The smallest absolute Gasteiger partial charge is 0.231 e. The van der Waals surface area contributed by atoms with Crippen molar-refractivity contribution in [3.05, 3.63) is 386 Å². The maximum atomic E-state index is 6.66. The Labute approximate surface area is 636 Å². The maximum absolute atomic E-state index is 6.66. The van der Waals surface area contributed by atoms with E-state index in [4.69, 9.17) is 57.5 Å². The van der Waals surface area contributed by atoms with Crippen molar-refractivity contribution < 1.29 is 17.7 Å². The summed E-state index contributed by atoms with van der Waals surface area (Å²) < 4.78 is 25.7. The average Bonchev–Trinajstić information content (AvgIpc) is 1.53. The molecule has 0 unspecified atom stereocenters. The van der Waals surface area contributed by atoms with Gasteiger partial charge in [-0.15, -0.1) is 0 Å². The fraction of sp³-hybridized carbons (Fsp3) is 0.0101. The highest BCUT2D eigenvalue weighted by Crippen LogP contribution is 2.58. The molecular formula is C99H60N8O4. The number of hydrogen-bond acceptors (Lipinski definition) is 12. The molecular weight excluding hydrogens is 1370 g/mol. The van der Waals surface area contributed by atoms with Crippen molar-refractivity contribution in [1.29, 1.82) is 0 Å². The maximum Gasteiger partial charge on any atom is 0.231 e. The minimum Gasteiger partial charge on any atom is -0.455 e. The van der Waals surface area contributed by atoms with Crippen LogP contribution in [-0.4, -0.2) is 39.9 Å². The number of rotatable bonds is 12. The minimum absolute atomic E-state index is 0.506. The number of para-hydroxylation sites is 6. The number of furan rings is 2. The summed E-state index contributed by atoms with van der Waals surface area (Å²) in [5.74, 6) is 4.46. The van der Waals surface area contributed by atoms with Gasteiger partial charge in [0.2, 0.25) is 11.8 Å². The molecule has 0 aliphatic heterocycles. The first-order chi connectivity index (χ1) is 55.0. The highest BCUT2D eigenvalue weighted by Gasteiger charge is 2.47. The number of benzene rings is 15. The van der Waals surface area contributed by atoms with Crippen molar-refractivity contribution in [2.24, 2.45) is 0 Å². The molecule has 111 heavy (non-hydrogen) atoms. The van der Waals surface area contributed by atoms with Gasteiger partial charge in [0.15, 0.2) is 46.1 Å². The normalized spacial score (nSPS) is 12.2. The molecule has 6 heterocycles. The average molecular weight is 1430 g/mol. The molecule has 0 saturated carbocycles. The van der Waals surface area contributed by atoms with E-state index in [0.29, 0.717) is 63.5 Å². The van der Waals surface area contributed by atoms with E-state index in [1.165, 1.54) is 22.3 Å². The summed E-state index contributed by atoms with van der Waals surface area (Å²) in [7, 11) is 0. The molecule has 15 aromatic carbocycles. The lowest BCUT2D eigenvalue weighted by atomic mass is 9.67. The summed E-state index contributed by atoms with van der Waals surface area (Å²) in [4.78, 5) is 40.9. The molecule has 520 valence electrons. The van der Waals surface area contributed by atoms with Gasteiger partial charge in [-0.05, 0) is 122 Å². The zero-order valence-electron chi connectivity index (χ0n) is 59.4. The van der Waals surface area contributed by atoms with E-state index in [2.05, 4.69) is 188 Å². The molecule has 1 aliphatic carbocycles. The van der Waals surface area contributed by atoms with Crippen LogP contribution in [0.2, 0.25) is 0 Å². The van der Waals surface area contributed by atoms with E-state index in [9.17, 15) is 0 Å². The van der Waals surface area contributed by atoms with Gasteiger partial charge >= 0.3 is 0 Å². The first kappa shape index (κ1) is 64.3. The SMILES string of the molecule is c1ccc(-c2cc(-c3ccccc3)cc(-c3nc(-c4ccccc4)nc(-c4cccc5oc6c(-c7nc8ccccc8o7)cccc6c45)n3)c2)cc1.c1ccc(-c2nc(-c3cccc4c3-c3ccccc3C4(c3ccccc3)c3ccccc3)nc(-c3cccc4oc5c(-c6nc7ccccc7o6)cccc5c34)n2)cc1. The van der Waals surface area contributed by atoms with Gasteiger partial charge in [-0.1, -0.05) is 297 Å². The Balaban J connectivity index is 0.000000142. The Morgan fingerprint density at radius 3 is 1.03 bits per heavy atom. The Morgan fingerprint density at radius 1 is 0.207 bits per heavy atom. The van der Waals surface area contributed by atoms with Crippen molar-refractivity contribution in [1.82, 2.24) is 39.9 Å². The standard InChI is InChI=1S/C53H32N4O2.C46H28N4O2/c1-4-17-33(18-5-1)49-55-50(38-25-15-29-42-46(38)36-23-10-11-28-41(36)53(42,34-19-6-2-7-20-34)35-21-8-3-9-22-35)57-51(56-49)39-26-16-32-45-47(39)37-24-14-27-40(48(37)58-45)52-54-43-30-12-13-31-44(43)59-52;1-4-14-29(15-5-1)32-26-33(30-16-6-2-7-17-30)28-34(27-32)44-48-43(31-18-8-3-9-19-31)49-45(50-44)36-21-13-25-40-41(36)35-20-12-22-37(42(35)51-40)46-47-38-23-10-11-24-39(38)52-46/h1-32H;1-28H. The fourth-order valence-corrected chi connectivity index (χ4v) is 16.1. The summed E-state index contributed by atoms with van der Waals surface area (Å²) in [6.07, 6.45) is 0. The lowest BCUT2D eigenvalue weighted by molar-refractivity contribution is 0.614. The van der Waals surface area contributed by atoms with E-state index < -0.39 is 5.41 Å². The van der Waals surface area contributed by atoms with Gasteiger partial charge in [-0.25, -0.2) is 39.9 Å². The van der Waals surface area contributed by atoms with Crippen LogP contribution in [0.5, 0.6) is 0 Å². The van der Waals surface area contributed by atoms with Gasteiger partial charge in [0, 0.05) is 54.9 Å². The summed E-state index contributed by atoms with van der Waals surface area (Å²) in [5, 5.41) is 3.66. The van der Waals surface area contributed by atoms with Crippen LogP contribution in [0.25, 0.3) is 191 Å². The van der Waals surface area contributed by atoms with Gasteiger partial charge < -0.3 is 17.7 Å². The molecule has 0 atom stereocenters. The molecule has 0 N–H and O–H groups in total. The molecule has 0 fully saturated rings. The Hall–Kier alpha value is -15.1. The van der Waals surface area contributed by atoms with Crippen LogP contribution < -0.4 is 0 Å². The summed E-state index contributed by atoms with van der Waals surface area (Å²) in [6, 6.07) is 124. The molecule has 22 rings (SSSR count). The largest absolute Gasteiger partial charge is 0.455 e. The van der Waals surface area contributed by atoms with Gasteiger partial charge in [0.25, 0.3) is 0 Å². The molecule has 21 aromatic rings. The van der Waals surface area contributed by atoms with E-state index in [-0.39, 0.29) is 0 Å². The molecule has 0 saturated heterocycles. The third-order valence-electron chi connectivity index (χ3n) is 21.0. The quantitative estimate of drug-likeness (QED) is 0.114. The summed E-state index contributed by atoms with van der Waals surface area (Å²) in [5.41, 5.74) is 23.6. The third kappa shape index (κ3) is 11.1. The van der Waals surface area contributed by atoms with Crippen molar-refractivity contribution in [3.8, 4) is 125 Å². The van der Waals surface area contributed by atoms with Crippen LogP contribution in [0.3, 0.4) is 0 Å². The number of hydrogen-bond donors (Lipinski definition) is 0. The number of fused-ring (bicyclic) bond motifs is 11. The number of oxazole rings is 2. The van der Waals surface area contributed by atoms with Crippen LogP contribution in [0.15, 0.2) is 382 Å². The van der Waals surface area contributed by atoms with Gasteiger partial charge in [-0.2, -0.15) is 0 Å². The zero-order valence-corrected chi connectivity index (χ0v) is 59.4. The van der Waals surface area contributed by atoms with E-state index in [1.54, 1.807) is 0 Å². The van der Waals surface area contributed by atoms with Crippen LogP contribution in [-0.2, 0) is 5.41 Å². The molecule has 0 radical (unpaired) electrons. The fourth-order valence-electron chi connectivity index (χ4n) is 16.1. The van der Waals surface area contributed by atoms with Crippen LogP contribution in [0.4, 0.5) is 0 Å². The molecule has 6 aromatic heterocycles. The van der Waals surface area contributed by atoms with Crippen LogP contribution in [0, 0.1) is 0 Å². The van der Waals surface area contributed by atoms with Gasteiger partial charge in [0.1, 0.15) is 33.4 Å². The first-order valence-electron chi connectivity index (χ1n) is 36.9. The summed E-state index contributed by atoms with van der Waals surface area (Å²) in [6.45, 7) is 0. The molecule has 1 aliphatic rings. The van der Waals surface area contributed by atoms with E-state index in [1.807, 2.05) is 176 Å². The zero-order chi connectivity index (χ0) is 73.4. The number of nitrogens with zero attached hydrogens (tertiary/aromatic N) is 8.